The Kier molecular flexibility index (Phi) is 6.27. The van der Waals surface area contributed by atoms with Crippen molar-refractivity contribution in [1.29, 1.82) is 0 Å². The molecule has 0 heterocycles. The zero-order valence-electron chi connectivity index (χ0n) is 12.2. The van der Waals surface area contributed by atoms with Gasteiger partial charge in [0.1, 0.15) is 12.4 Å². The maximum absolute atomic E-state index is 6.04. The molecular formula is C17H19Br2NO. The van der Waals surface area contributed by atoms with E-state index < -0.39 is 0 Å². The molecule has 2 nitrogen and oxygen atoms in total. The molecule has 1 N–H and O–H groups in total. The van der Waals surface area contributed by atoms with Crippen molar-refractivity contribution in [2.75, 3.05) is 6.54 Å². The number of ether oxygens (including phenoxy) is 1. The van der Waals surface area contributed by atoms with Crippen LogP contribution in [0.1, 0.15) is 31.0 Å². The number of nitrogens with one attached hydrogen (secondary N) is 1. The van der Waals surface area contributed by atoms with Crippen molar-refractivity contribution in [3.8, 4) is 5.75 Å². The Bertz CT molecular complexity index is 601. The van der Waals surface area contributed by atoms with Crippen molar-refractivity contribution in [1.82, 2.24) is 5.32 Å². The molecule has 0 aliphatic heterocycles. The lowest BCUT2D eigenvalue weighted by Crippen LogP contribution is -2.18. The first-order chi connectivity index (χ1) is 10.1. The van der Waals surface area contributed by atoms with Crippen molar-refractivity contribution in [3.05, 3.63) is 62.5 Å². The molecule has 21 heavy (non-hydrogen) atoms. The fourth-order valence-corrected chi connectivity index (χ4v) is 2.98. The highest BCUT2D eigenvalue weighted by Crippen LogP contribution is 2.29. The molecule has 0 radical (unpaired) electrons. The summed E-state index contributed by atoms with van der Waals surface area (Å²) in [5.41, 5.74) is 2.32. The molecule has 2 aromatic rings. The number of halogens is 2. The lowest BCUT2D eigenvalue weighted by atomic mass is 10.1. The Morgan fingerprint density at radius 1 is 1.10 bits per heavy atom. The lowest BCUT2D eigenvalue weighted by Gasteiger charge is -2.18. The standard InChI is InChI=1S/C17H19Br2NO/c1-3-20-12(2)16-8-7-15(19)10-17(16)21-11-13-5-4-6-14(18)9-13/h4-10,12,20H,3,11H2,1-2H3. The summed E-state index contributed by atoms with van der Waals surface area (Å²) in [5, 5.41) is 3.43. The first-order valence-electron chi connectivity index (χ1n) is 7.00. The van der Waals surface area contributed by atoms with Crippen LogP contribution in [0.4, 0.5) is 0 Å². The van der Waals surface area contributed by atoms with E-state index in [9.17, 15) is 0 Å². The minimum absolute atomic E-state index is 0.264. The maximum atomic E-state index is 6.04. The van der Waals surface area contributed by atoms with E-state index in [0.29, 0.717) is 6.61 Å². The topological polar surface area (TPSA) is 21.3 Å². The van der Waals surface area contributed by atoms with Gasteiger partial charge < -0.3 is 10.1 Å². The summed E-state index contributed by atoms with van der Waals surface area (Å²) in [5.74, 6) is 0.915. The fraction of sp³-hybridized carbons (Fsp3) is 0.294. The Hall–Kier alpha value is -0.840. The number of benzene rings is 2. The molecule has 0 amide bonds. The van der Waals surface area contributed by atoms with Crippen LogP contribution in [0.25, 0.3) is 0 Å². The molecule has 1 unspecified atom stereocenters. The largest absolute Gasteiger partial charge is 0.489 e. The summed E-state index contributed by atoms with van der Waals surface area (Å²) in [4.78, 5) is 0. The predicted octanol–water partition coefficient (Wildman–Crippen LogP) is 5.46. The summed E-state index contributed by atoms with van der Waals surface area (Å²) in [6.07, 6.45) is 0. The summed E-state index contributed by atoms with van der Waals surface area (Å²) in [6.45, 7) is 5.75. The smallest absolute Gasteiger partial charge is 0.125 e. The van der Waals surface area contributed by atoms with Crippen LogP contribution in [0.3, 0.4) is 0 Å². The van der Waals surface area contributed by atoms with Crippen molar-refractivity contribution >= 4 is 31.9 Å². The average Bonchev–Trinajstić information content (AvgIpc) is 2.45. The monoisotopic (exact) mass is 411 g/mol. The van der Waals surface area contributed by atoms with Crippen LogP contribution in [-0.2, 0) is 6.61 Å². The third kappa shape index (κ3) is 4.83. The van der Waals surface area contributed by atoms with E-state index in [1.54, 1.807) is 0 Å². The van der Waals surface area contributed by atoms with Crippen LogP contribution in [0.15, 0.2) is 51.4 Å². The van der Waals surface area contributed by atoms with Gasteiger partial charge in [-0.1, -0.05) is 57.0 Å². The average molecular weight is 413 g/mol. The number of rotatable bonds is 6. The zero-order chi connectivity index (χ0) is 15.2. The molecule has 0 aliphatic carbocycles. The van der Waals surface area contributed by atoms with E-state index in [2.05, 4.69) is 75.3 Å². The van der Waals surface area contributed by atoms with Gasteiger partial charge >= 0.3 is 0 Å². The molecule has 0 saturated heterocycles. The molecule has 0 aromatic heterocycles. The van der Waals surface area contributed by atoms with Crippen LogP contribution in [0, 0.1) is 0 Å². The van der Waals surface area contributed by atoms with Gasteiger partial charge in [-0.05, 0) is 43.3 Å². The van der Waals surface area contributed by atoms with Crippen LogP contribution in [-0.4, -0.2) is 6.54 Å². The van der Waals surface area contributed by atoms with Gasteiger partial charge in [0.2, 0.25) is 0 Å². The molecule has 112 valence electrons. The molecule has 2 rings (SSSR count). The summed E-state index contributed by atoms with van der Waals surface area (Å²) < 4.78 is 8.13. The van der Waals surface area contributed by atoms with Gasteiger partial charge in [0, 0.05) is 20.6 Å². The van der Waals surface area contributed by atoms with E-state index in [4.69, 9.17) is 4.74 Å². The highest BCUT2D eigenvalue weighted by Gasteiger charge is 2.11. The van der Waals surface area contributed by atoms with Gasteiger partial charge in [0.05, 0.1) is 0 Å². The molecule has 0 saturated carbocycles. The van der Waals surface area contributed by atoms with Gasteiger partial charge in [-0.15, -0.1) is 0 Å². The van der Waals surface area contributed by atoms with E-state index in [1.807, 2.05) is 18.2 Å². The molecule has 0 spiro atoms. The zero-order valence-corrected chi connectivity index (χ0v) is 15.4. The fourth-order valence-electron chi connectivity index (χ4n) is 2.19. The van der Waals surface area contributed by atoms with Crippen LogP contribution < -0.4 is 10.1 Å². The van der Waals surface area contributed by atoms with Crippen molar-refractivity contribution in [3.63, 3.8) is 0 Å². The quantitative estimate of drug-likeness (QED) is 0.679. The summed E-state index contributed by atoms with van der Waals surface area (Å²) in [7, 11) is 0. The van der Waals surface area contributed by atoms with E-state index in [-0.39, 0.29) is 6.04 Å². The third-order valence-electron chi connectivity index (χ3n) is 3.24. The SMILES string of the molecule is CCNC(C)c1ccc(Br)cc1OCc1cccc(Br)c1. The predicted molar refractivity (Wildman–Crippen MR) is 94.7 cm³/mol. The van der Waals surface area contributed by atoms with E-state index in [0.717, 1.165) is 26.8 Å². The Morgan fingerprint density at radius 3 is 2.57 bits per heavy atom. The minimum atomic E-state index is 0.264. The molecule has 1 atom stereocenters. The Morgan fingerprint density at radius 2 is 1.86 bits per heavy atom. The summed E-state index contributed by atoms with van der Waals surface area (Å²) in [6, 6.07) is 14.6. The maximum Gasteiger partial charge on any atom is 0.125 e. The number of hydrogen-bond acceptors (Lipinski definition) is 2. The summed E-state index contributed by atoms with van der Waals surface area (Å²) >= 11 is 7.00. The van der Waals surface area contributed by atoms with Crippen LogP contribution in [0.5, 0.6) is 5.75 Å². The molecule has 2 aromatic carbocycles. The van der Waals surface area contributed by atoms with Gasteiger partial charge in [0.25, 0.3) is 0 Å². The molecule has 4 heteroatoms. The van der Waals surface area contributed by atoms with E-state index >= 15 is 0 Å². The Labute approximate surface area is 143 Å². The van der Waals surface area contributed by atoms with Crippen molar-refractivity contribution in [2.24, 2.45) is 0 Å². The first kappa shape index (κ1) is 16.5. The van der Waals surface area contributed by atoms with Gasteiger partial charge in [0.15, 0.2) is 0 Å². The molecule has 0 aliphatic rings. The van der Waals surface area contributed by atoms with Gasteiger partial charge in [-0.2, -0.15) is 0 Å². The second-order valence-corrected chi connectivity index (χ2v) is 6.71. The lowest BCUT2D eigenvalue weighted by molar-refractivity contribution is 0.299. The van der Waals surface area contributed by atoms with E-state index in [1.165, 1.54) is 5.56 Å². The van der Waals surface area contributed by atoms with Crippen molar-refractivity contribution in [2.45, 2.75) is 26.5 Å². The van der Waals surface area contributed by atoms with Crippen LogP contribution >= 0.6 is 31.9 Å². The second kappa shape index (κ2) is 7.97. The van der Waals surface area contributed by atoms with Crippen molar-refractivity contribution < 1.29 is 4.74 Å². The number of hydrogen-bond donors (Lipinski definition) is 1. The highest BCUT2D eigenvalue weighted by molar-refractivity contribution is 9.10. The molecular weight excluding hydrogens is 394 g/mol. The third-order valence-corrected chi connectivity index (χ3v) is 4.22. The Balaban J connectivity index is 2.16. The molecule has 0 bridgehead atoms. The first-order valence-corrected chi connectivity index (χ1v) is 8.59. The minimum Gasteiger partial charge on any atom is -0.489 e. The normalized spacial score (nSPS) is 12.2. The van der Waals surface area contributed by atoms with Crippen LogP contribution in [0.2, 0.25) is 0 Å². The molecule has 0 fully saturated rings. The second-order valence-electron chi connectivity index (χ2n) is 4.88. The highest BCUT2D eigenvalue weighted by atomic mass is 79.9. The van der Waals surface area contributed by atoms with Gasteiger partial charge in [-0.25, -0.2) is 0 Å². The van der Waals surface area contributed by atoms with Gasteiger partial charge in [-0.3, -0.25) is 0 Å².